The van der Waals surface area contributed by atoms with E-state index in [0.717, 1.165) is 5.92 Å². The second kappa shape index (κ2) is 7.58. The van der Waals surface area contributed by atoms with Crippen molar-refractivity contribution >= 4 is 12.0 Å². The van der Waals surface area contributed by atoms with Crippen LogP contribution in [0.1, 0.15) is 105 Å². The SMILES string of the molecule is CCOC(=O)c1ccc(C=C2CCC3CC23c2cc3c(cc2C)C(C)(C)CCC3(C)C)cc1. The monoisotopic (exact) mass is 442 g/mol. The van der Waals surface area contributed by atoms with Crippen molar-refractivity contribution < 1.29 is 9.53 Å². The molecule has 0 bridgehead atoms. The zero-order valence-corrected chi connectivity index (χ0v) is 21.2. The van der Waals surface area contributed by atoms with Crippen LogP contribution in [0.5, 0.6) is 0 Å². The number of carbonyl (C=O) groups is 1. The van der Waals surface area contributed by atoms with Crippen LogP contribution in [-0.4, -0.2) is 12.6 Å². The summed E-state index contributed by atoms with van der Waals surface area (Å²) in [7, 11) is 0. The van der Waals surface area contributed by atoms with Gasteiger partial charge >= 0.3 is 5.97 Å². The van der Waals surface area contributed by atoms with E-state index >= 15 is 0 Å². The molecule has 174 valence electrons. The van der Waals surface area contributed by atoms with Gasteiger partial charge in [0.1, 0.15) is 0 Å². The second-order valence-corrected chi connectivity index (χ2v) is 11.9. The topological polar surface area (TPSA) is 26.3 Å². The third kappa shape index (κ3) is 3.57. The van der Waals surface area contributed by atoms with E-state index < -0.39 is 0 Å². The number of aryl methyl sites for hydroxylation is 1. The molecule has 2 saturated carbocycles. The molecule has 2 aromatic carbocycles. The molecule has 2 aromatic rings. The summed E-state index contributed by atoms with van der Waals surface area (Å²) in [6.45, 7) is 14.3. The first-order chi connectivity index (χ1) is 15.6. The molecule has 33 heavy (non-hydrogen) atoms. The molecule has 0 aliphatic heterocycles. The zero-order valence-electron chi connectivity index (χ0n) is 21.2. The second-order valence-electron chi connectivity index (χ2n) is 11.9. The number of hydrogen-bond acceptors (Lipinski definition) is 2. The van der Waals surface area contributed by atoms with E-state index in [9.17, 15) is 4.79 Å². The van der Waals surface area contributed by atoms with Crippen molar-refractivity contribution in [2.45, 2.75) is 89.9 Å². The molecule has 0 saturated heterocycles. The highest BCUT2D eigenvalue weighted by Crippen LogP contribution is 2.68. The summed E-state index contributed by atoms with van der Waals surface area (Å²) in [5.41, 5.74) is 10.3. The van der Waals surface area contributed by atoms with Crippen LogP contribution in [-0.2, 0) is 21.0 Å². The molecule has 2 fully saturated rings. The smallest absolute Gasteiger partial charge is 0.338 e. The first-order valence-electron chi connectivity index (χ1n) is 12.7. The van der Waals surface area contributed by atoms with Crippen molar-refractivity contribution in [2.24, 2.45) is 5.92 Å². The minimum atomic E-state index is -0.244. The van der Waals surface area contributed by atoms with Crippen LogP contribution in [0.2, 0.25) is 0 Å². The molecular weight excluding hydrogens is 404 g/mol. The maximum Gasteiger partial charge on any atom is 0.338 e. The number of benzene rings is 2. The Morgan fingerprint density at radius 2 is 1.64 bits per heavy atom. The molecule has 0 spiro atoms. The summed E-state index contributed by atoms with van der Waals surface area (Å²) in [6, 6.07) is 13.0. The Bertz CT molecular complexity index is 1130. The number of fused-ring (bicyclic) bond motifs is 2. The number of rotatable bonds is 4. The predicted octanol–water partition coefficient (Wildman–Crippen LogP) is 7.66. The summed E-state index contributed by atoms with van der Waals surface area (Å²) in [6.07, 6.45) is 8.65. The Kier molecular flexibility index (Phi) is 5.16. The lowest BCUT2D eigenvalue weighted by atomic mass is 9.62. The average Bonchev–Trinajstić information content (AvgIpc) is 3.40. The molecule has 3 aliphatic rings. The van der Waals surface area contributed by atoms with Gasteiger partial charge in [-0.15, -0.1) is 0 Å². The van der Waals surface area contributed by atoms with E-state index in [2.05, 4.69) is 65.0 Å². The molecule has 3 aliphatic carbocycles. The Morgan fingerprint density at radius 1 is 1.00 bits per heavy atom. The molecule has 0 heterocycles. The van der Waals surface area contributed by atoms with Gasteiger partial charge in [-0.25, -0.2) is 4.79 Å². The largest absolute Gasteiger partial charge is 0.462 e. The number of esters is 1. The Hall–Kier alpha value is -2.35. The molecule has 0 radical (unpaired) electrons. The first-order valence-corrected chi connectivity index (χ1v) is 12.7. The lowest BCUT2D eigenvalue weighted by Gasteiger charge is -2.43. The molecule has 0 aromatic heterocycles. The van der Waals surface area contributed by atoms with Crippen molar-refractivity contribution in [2.75, 3.05) is 6.61 Å². The third-order valence-corrected chi connectivity index (χ3v) is 8.88. The van der Waals surface area contributed by atoms with E-state index in [1.54, 1.807) is 22.3 Å². The molecule has 2 atom stereocenters. The maximum atomic E-state index is 12.0. The van der Waals surface area contributed by atoms with Gasteiger partial charge in [-0.2, -0.15) is 0 Å². The summed E-state index contributed by atoms with van der Waals surface area (Å²) in [5, 5.41) is 0. The van der Waals surface area contributed by atoms with Crippen LogP contribution in [0.25, 0.3) is 6.08 Å². The maximum absolute atomic E-state index is 12.0. The van der Waals surface area contributed by atoms with E-state index in [4.69, 9.17) is 4.74 Å². The highest BCUT2D eigenvalue weighted by molar-refractivity contribution is 5.89. The molecule has 5 rings (SSSR count). The molecule has 0 amide bonds. The fraction of sp³-hybridized carbons (Fsp3) is 0.516. The van der Waals surface area contributed by atoms with Crippen molar-refractivity contribution in [3.8, 4) is 0 Å². The minimum absolute atomic E-state index is 0.219. The fourth-order valence-electron chi connectivity index (χ4n) is 6.66. The van der Waals surface area contributed by atoms with E-state index in [0.29, 0.717) is 12.2 Å². The van der Waals surface area contributed by atoms with Gasteiger partial charge in [-0.1, -0.05) is 63.6 Å². The van der Waals surface area contributed by atoms with Gasteiger partial charge in [0.05, 0.1) is 12.2 Å². The summed E-state index contributed by atoms with van der Waals surface area (Å²) >= 11 is 0. The van der Waals surface area contributed by atoms with Gasteiger partial charge in [-0.3, -0.25) is 0 Å². The lowest BCUT2D eigenvalue weighted by Crippen LogP contribution is -2.34. The van der Waals surface area contributed by atoms with E-state index in [1.165, 1.54) is 43.2 Å². The van der Waals surface area contributed by atoms with Crippen LogP contribution in [0.4, 0.5) is 0 Å². The summed E-state index contributed by atoms with van der Waals surface area (Å²) in [5.74, 6) is 0.533. The van der Waals surface area contributed by atoms with Crippen LogP contribution < -0.4 is 0 Å². The van der Waals surface area contributed by atoms with E-state index in [1.807, 2.05) is 19.1 Å². The summed E-state index contributed by atoms with van der Waals surface area (Å²) < 4.78 is 5.13. The van der Waals surface area contributed by atoms with Gasteiger partial charge in [-0.05, 0) is 103 Å². The number of allylic oxidation sites excluding steroid dienone is 1. The molecular formula is C31H38O2. The van der Waals surface area contributed by atoms with Crippen molar-refractivity contribution in [1.29, 1.82) is 0 Å². The van der Waals surface area contributed by atoms with Crippen molar-refractivity contribution in [3.63, 3.8) is 0 Å². The van der Waals surface area contributed by atoms with Crippen LogP contribution in [0.15, 0.2) is 42.0 Å². The third-order valence-electron chi connectivity index (χ3n) is 8.88. The van der Waals surface area contributed by atoms with Crippen molar-refractivity contribution in [1.82, 2.24) is 0 Å². The highest BCUT2D eigenvalue weighted by Gasteiger charge is 2.61. The van der Waals surface area contributed by atoms with Crippen LogP contribution in [0.3, 0.4) is 0 Å². The first kappa shape index (κ1) is 22.4. The molecule has 2 nitrogen and oxygen atoms in total. The standard InChI is InChI=1S/C31H38O2/c1-7-33-28(32)22-10-8-21(9-11-22)17-23-12-13-24-19-31(23,24)25-18-27-26(16-20(25)2)29(3,4)14-15-30(27,5)6/h8-11,16-18,24H,7,12-15,19H2,1-6H3. The summed E-state index contributed by atoms with van der Waals surface area (Å²) in [4.78, 5) is 12.0. The quantitative estimate of drug-likeness (QED) is 0.454. The fourth-order valence-corrected chi connectivity index (χ4v) is 6.66. The number of hydrogen-bond donors (Lipinski definition) is 0. The lowest BCUT2D eigenvalue weighted by molar-refractivity contribution is 0.0526. The highest BCUT2D eigenvalue weighted by atomic mass is 16.5. The Labute approximate surface area is 199 Å². The van der Waals surface area contributed by atoms with Gasteiger partial charge in [0, 0.05) is 5.41 Å². The van der Waals surface area contributed by atoms with Gasteiger partial charge in [0.15, 0.2) is 0 Å². The Morgan fingerprint density at radius 3 is 2.24 bits per heavy atom. The van der Waals surface area contributed by atoms with Crippen LogP contribution >= 0.6 is 0 Å². The number of ether oxygens (including phenoxy) is 1. The van der Waals surface area contributed by atoms with Gasteiger partial charge in [0.2, 0.25) is 0 Å². The minimum Gasteiger partial charge on any atom is -0.462 e. The van der Waals surface area contributed by atoms with Gasteiger partial charge < -0.3 is 4.74 Å². The van der Waals surface area contributed by atoms with Gasteiger partial charge in [0.25, 0.3) is 0 Å². The van der Waals surface area contributed by atoms with E-state index in [-0.39, 0.29) is 22.2 Å². The number of carbonyl (C=O) groups excluding carboxylic acids is 1. The molecule has 0 N–H and O–H groups in total. The molecule has 2 unspecified atom stereocenters. The van der Waals surface area contributed by atoms with Crippen molar-refractivity contribution in [3.05, 3.63) is 75.4 Å². The molecule has 2 heteroatoms. The zero-order chi connectivity index (χ0) is 23.6. The van der Waals surface area contributed by atoms with Crippen LogP contribution in [0, 0.1) is 12.8 Å². The normalized spacial score (nSPS) is 27.7. The Balaban J connectivity index is 1.53. The predicted molar refractivity (Wildman–Crippen MR) is 136 cm³/mol. The average molecular weight is 443 g/mol.